The van der Waals surface area contributed by atoms with Crippen LogP contribution < -0.4 is 26.2 Å². The lowest BCUT2D eigenvalue weighted by atomic mass is 9.60. The van der Waals surface area contributed by atoms with Crippen molar-refractivity contribution < 1.29 is 28.7 Å². The van der Waals surface area contributed by atoms with Gasteiger partial charge in [-0.1, -0.05) is 18.5 Å². The highest BCUT2D eigenvalue weighted by atomic mass is 35.5. The van der Waals surface area contributed by atoms with E-state index in [1.807, 2.05) is 6.92 Å². The molecule has 4 aliphatic rings. The minimum atomic E-state index is -0.818. The van der Waals surface area contributed by atoms with E-state index in [9.17, 15) is 19.1 Å². The number of aliphatic hydroxyl groups is 1. The van der Waals surface area contributed by atoms with Crippen LogP contribution in [0.25, 0.3) is 0 Å². The monoisotopic (exact) mass is 470 g/mol. The largest absolute Gasteiger partial charge is 0.484 e. The molecule has 1 aromatic rings. The summed E-state index contributed by atoms with van der Waals surface area (Å²) in [6.07, 6.45) is 1.70. The van der Waals surface area contributed by atoms with Crippen LogP contribution in [0.2, 0.25) is 5.02 Å². The second kappa shape index (κ2) is 9.11. The van der Waals surface area contributed by atoms with Gasteiger partial charge in [-0.2, -0.15) is 5.48 Å². The van der Waals surface area contributed by atoms with Crippen LogP contribution in [0.4, 0.5) is 4.39 Å². The van der Waals surface area contributed by atoms with Crippen LogP contribution in [0.1, 0.15) is 45.4 Å². The number of amides is 2. The van der Waals surface area contributed by atoms with Gasteiger partial charge in [-0.3, -0.25) is 19.7 Å². The van der Waals surface area contributed by atoms with Gasteiger partial charge in [0.25, 0.3) is 11.8 Å². The Morgan fingerprint density at radius 2 is 2.06 bits per heavy atom. The van der Waals surface area contributed by atoms with Gasteiger partial charge in [-0.15, -0.1) is 0 Å². The minimum Gasteiger partial charge on any atom is -0.484 e. The molecule has 1 aromatic carbocycles. The average molecular weight is 471 g/mol. The van der Waals surface area contributed by atoms with E-state index in [1.165, 1.54) is 12.1 Å². The summed E-state index contributed by atoms with van der Waals surface area (Å²) in [5.74, 6) is -1.12. The van der Waals surface area contributed by atoms with Gasteiger partial charge in [0.05, 0.1) is 22.8 Å². The molecule has 3 saturated carbocycles. The third-order valence-corrected chi connectivity index (χ3v) is 6.99. The maximum atomic E-state index is 13.5. The Bertz CT molecular complexity index is 880. The quantitative estimate of drug-likeness (QED) is 0.404. The molecule has 2 bridgehead atoms. The molecule has 11 heteroatoms. The zero-order valence-corrected chi connectivity index (χ0v) is 18.5. The Balaban J connectivity index is 1.30. The number of rotatable bonds is 7. The van der Waals surface area contributed by atoms with E-state index in [0.717, 1.165) is 12.5 Å². The van der Waals surface area contributed by atoms with Gasteiger partial charge < -0.3 is 20.5 Å². The summed E-state index contributed by atoms with van der Waals surface area (Å²) in [5.41, 5.74) is 1.47. The van der Waals surface area contributed by atoms with E-state index < -0.39 is 35.1 Å². The number of benzene rings is 1. The number of carbonyl (C=O) groups excluding carboxylic acids is 2. The normalized spacial score (nSPS) is 33.7. The summed E-state index contributed by atoms with van der Waals surface area (Å²) in [6.45, 7) is 1.66. The van der Waals surface area contributed by atoms with Crippen molar-refractivity contribution in [1.29, 1.82) is 0 Å². The van der Waals surface area contributed by atoms with E-state index in [4.69, 9.17) is 21.2 Å². The summed E-state index contributed by atoms with van der Waals surface area (Å²) >= 11 is 5.65. The highest BCUT2D eigenvalue weighted by Gasteiger charge is 2.55. The summed E-state index contributed by atoms with van der Waals surface area (Å²) in [4.78, 5) is 30.4. The lowest BCUT2D eigenvalue weighted by molar-refractivity contribution is -0.143. The van der Waals surface area contributed by atoms with Crippen molar-refractivity contribution in [3.05, 3.63) is 29.0 Å². The fraction of sp³-hybridized carbons (Fsp3) is 0.619. The van der Waals surface area contributed by atoms with Crippen molar-refractivity contribution in [1.82, 2.24) is 21.4 Å². The first-order chi connectivity index (χ1) is 15.2. The third kappa shape index (κ3) is 4.69. The Labute approximate surface area is 190 Å². The topological polar surface area (TPSA) is 121 Å². The molecule has 3 unspecified atom stereocenters. The number of fused-ring (bicyclic) bond motifs is 3. The molecule has 2 amide bonds. The van der Waals surface area contributed by atoms with Crippen LogP contribution in [0.15, 0.2) is 18.2 Å². The Morgan fingerprint density at radius 3 is 2.69 bits per heavy atom. The SMILES string of the molecule is CCC1NOC(C(=O)NC23CCC(NC(=O)COc4ccc(Cl)c(F)c4)(CC2)C(O)C3)N1. The van der Waals surface area contributed by atoms with Crippen LogP contribution in [0.3, 0.4) is 0 Å². The third-order valence-electron chi connectivity index (χ3n) is 6.69. The molecular formula is C21H28ClFN4O5. The van der Waals surface area contributed by atoms with Crippen LogP contribution in [0, 0.1) is 5.82 Å². The first-order valence-corrected chi connectivity index (χ1v) is 11.2. The molecule has 176 valence electrons. The average Bonchev–Trinajstić information content (AvgIpc) is 3.25. The van der Waals surface area contributed by atoms with Crippen molar-refractivity contribution in [2.45, 2.75) is 75.0 Å². The van der Waals surface area contributed by atoms with Crippen molar-refractivity contribution in [2.75, 3.05) is 6.61 Å². The first kappa shape index (κ1) is 23.2. The molecule has 5 rings (SSSR count). The molecule has 9 nitrogen and oxygen atoms in total. The molecular weight excluding hydrogens is 443 g/mol. The number of carbonyl (C=O) groups is 2. The fourth-order valence-corrected chi connectivity index (χ4v) is 4.87. The number of hydroxylamine groups is 1. The first-order valence-electron chi connectivity index (χ1n) is 10.8. The number of hydrogen-bond acceptors (Lipinski definition) is 7. The van der Waals surface area contributed by atoms with Gasteiger partial charge in [-0.25, -0.2) is 4.39 Å². The van der Waals surface area contributed by atoms with E-state index in [2.05, 4.69) is 21.4 Å². The summed E-state index contributed by atoms with van der Waals surface area (Å²) < 4.78 is 18.9. The Morgan fingerprint density at radius 1 is 1.31 bits per heavy atom. The number of ether oxygens (including phenoxy) is 1. The number of aliphatic hydroxyl groups excluding tert-OH is 1. The van der Waals surface area contributed by atoms with Crippen molar-refractivity contribution >= 4 is 23.4 Å². The van der Waals surface area contributed by atoms with Crippen molar-refractivity contribution in [3.8, 4) is 5.75 Å². The van der Waals surface area contributed by atoms with Crippen molar-refractivity contribution in [3.63, 3.8) is 0 Å². The van der Waals surface area contributed by atoms with Crippen molar-refractivity contribution in [2.24, 2.45) is 0 Å². The molecule has 5 N–H and O–H groups in total. The van der Waals surface area contributed by atoms with Gasteiger partial charge in [0, 0.05) is 11.6 Å². The summed E-state index contributed by atoms with van der Waals surface area (Å²) in [7, 11) is 0. The van der Waals surface area contributed by atoms with Crippen LogP contribution in [0.5, 0.6) is 5.75 Å². The second-order valence-corrected chi connectivity index (χ2v) is 9.21. The standard InChI is InChI=1S/C21H28ClFN4O5/c1-2-16-24-19(32-27-16)18(30)26-20-5-7-21(8-6-20,15(28)10-20)25-17(29)11-31-12-3-4-13(22)14(23)9-12/h3-4,9,15-16,19,24,27-28H,2,5-8,10-11H2,1H3,(H,25,29)(H,26,30). The lowest BCUT2D eigenvalue weighted by Gasteiger charge is -2.56. The summed E-state index contributed by atoms with van der Waals surface area (Å²) in [6, 6.07) is 3.95. The second-order valence-electron chi connectivity index (χ2n) is 8.80. The number of nitrogens with one attached hydrogen (secondary N) is 4. The van der Waals surface area contributed by atoms with Crippen LogP contribution >= 0.6 is 11.6 Å². The van der Waals surface area contributed by atoms with Gasteiger partial charge in [0.2, 0.25) is 6.23 Å². The number of hydrogen-bond donors (Lipinski definition) is 5. The summed E-state index contributed by atoms with van der Waals surface area (Å²) in [5, 5.41) is 19.8. The Hall–Kier alpha value is -1.98. The molecule has 1 heterocycles. The van der Waals surface area contributed by atoms with Gasteiger partial charge in [0.1, 0.15) is 11.6 Å². The molecule has 0 aromatic heterocycles. The maximum absolute atomic E-state index is 13.5. The molecule has 3 aliphatic carbocycles. The van der Waals surface area contributed by atoms with Crippen LogP contribution in [-0.4, -0.2) is 53.1 Å². The van der Waals surface area contributed by atoms with E-state index >= 15 is 0 Å². The molecule has 1 saturated heterocycles. The van der Waals surface area contributed by atoms with E-state index in [-0.39, 0.29) is 29.5 Å². The molecule has 4 fully saturated rings. The molecule has 1 aliphatic heterocycles. The molecule has 32 heavy (non-hydrogen) atoms. The highest BCUT2D eigenvalue weighted by molar-refractivity contribution is 6.30. The zero-order valence-electron chi connectivity index (χ0n) is 17.7. The molecule has 0 spiro atoms. The van der Waals surface area contributed by atoms with Gasteiger partial charge >= 0.3 is 0 Å². The highest BCUT2D eigenvalue weighted by Crippen LogP contribution is 2.47. The molecule has 3 atom stereocenters. The van der Waals surface area contributed by atoms with Gasteiger partial charge in [-0.05, 0) is 50.7 Å². The van der Waals surface area contributed by atoms with Crippen LogP contribution in [-0.2, 0) is 14.4 Å². The smallest absolute Gasteiger partial charge is 0.266 e. The minimum absolute atomic E-state index is 0.0273. The number of halogens is 2. The predicted molar refractivity (Wildman–Crippen MR) is 113 cm³/mol. The van der Waals surface area contributed by atoms with E-state index in [1.54, 1.807) is 0 Å². The lowest BCUT2D eigenvalue weighted by Crippen LogP contribution is -2.71. The predicted octanol–water partition coefficient (Wildman–Crippen LogP) is 1.09. The van der Waals surface area contributed by atoms with E-state index in [0.29, 0.717) is 32.1 Å². The molecule has 0 radical (unpaired) electrons. The Kier molecular flexibility index (Phi) is 6.60. The van der Waals surface area contributed by atoms with Gasteiger partial charge in [0.15, 0.2) is 6.61 Å². The maximum Gasteiger partial charge on any atom is 0.266 e. The fourth-order valence-electron chi connectivity index (χ4n) is 4.75. The zero-order chi connectivity index (χ0) is 22.9.